The van der Waals surface area contributed by atoms with E-state index in [2.05, 4.69) is 20.3 Å². The van der Waals surface area contributed by atoms with Gasteiger partial charge in [0.2, 0.25) is 5.91 Å². The van der Waals surface area contributed by atoms with Crippen LogP contribution in [0.2, 0.25) is 5.02 Å². The zero-order valence-electron chi connectivity index (χ0n) is 20.0. The van der Waals surface area contributed by atoms with Crippen molar-refractivity contribution in [1.29, 1.82) is 0 Å². The van der Waals surface area contributed by atoms with Gasteiger partial charge in [-0.15, -0.1) is 0 Å². The van der Waals surface area contributed by atoms with Gasteiger partial charge in [-0.05, 0) is 13.0 Å². The lowest BCUT2D eigenvalue weighted by Crippen LogP contribution is -2.62. The molecule has 10 nitrogen and oxygen atoms in total. The number of aromatic amines is 1. The van der Waals surface area contributed by atoms with Gasteiger partial charge in [-0.3, -0.25) is 9.59 Å². The van der Waals surface area contributed by atoms with Crippen molar-refractivity contribution in [3.8, 4) is 0 Å². The molecular weight excluding hydrogens is 535 g/mol. The Hall–Kier alpha value is -2.97. The minimum Gasteiger partial charge on any atom is -0.379 e. The maximum Gasteiger partial charge on any atom is 0.423 e. The molecule has 0 saturated carbocycles. The second kappa shape index (κ2) is 10.8. The highest BCUT2D eigenvalue weighted by atomic mass is 35.5. The highest BCUT2D eigenvalue weighted by Gasteiger charge is 2.40. The number of carbonyl (C=O) groups is 1. The molecule has 200 valence electrons. The number of hydrogen-bond acceptors (Lipinski definition) is 8. The van der Waals surface area contributed by atoms with Crippen LogP contribution in [0.4, 0.5) is 30.4 Å². The van der Waals surface area contributed by atoms with E-state index >= 15 is 0 Å². The number of H-pyrrole nitrogens is 1. The molecule has 37 heavy (non-hydrogen) atoms. The Balaban J connectivity index is 1.28. The van der Waals surface area contributed by atoms with E-state index < -0.39 is 29.0 Å². The third kappa shape index (κ3) is 5.80. The van der Waals surface area contributed by atoms with Crippen molar-refractivity contribution in [2.75, 3.05) is 55.0 Å². The smallest absolute Gasteiger partial charge is 0.379 e. The molecular formula is C22H25ClF3N7O3S. The molecule has 1 amide bonds. The lowest BCUT2D eigenvalue weighted by atomic mass is 10.1. The third-order valence-corrected chi connectivity index (χ3v) is 6.92. The Morgan fingerprint density at radius 2 is 2.14 bits per heavy atom. The number of fused-ring (bicyclic) bond motifs is 3. The van der Waals surface area contributed by atoms with E-state index in [0.717, 1.165) is 17.7 Å². The Morgan fingerprint density at radius 1 is 1.38 bits per heavy atom. The fraction of sp³-hybridized carbons (Fsp3) is 0.500. The quantitative estimate of drug-likeness (QED) is 0.391. The van der Waals surface area contributed by atoms with Crippen LogP contribution in [0.15, 0.2) is 23.3 Å². The van der Waals surface area contributed by atoms with E-state index in [1.165, 1.54) is 0 Å². The second-order valence-electron chi connectivity index (χ2n) is 8.80. The van der Waals surface area contributed by atoms with Gasteiger partial charge in [0.1, 0.15) is 10.6 Å². The number of ether oxygens (including phenoxy) is 1. The molecule has 0 aliphatic carbocycles. The fourth-order valence-corrected chi connectivity index (χ4v) is 4.83. The van der Waals surface area contributed by atoms with Gasteiger partial charge in [-0.25, -0.2) is 10.1 Å². The summed E-state index contributed by atoms with van der Waals surface area (Å²) in [5.41, 5.74) is -2.30. The van der Waals surface area contributed by atoms with Crippen molar-refractivity contribution in [3.05, 3.63) is 39.4 Å². The Bertz CT molecular complexity index is 1240. The summed E-state index contributed by atoms with van der Waals surface area (Å²) in [6.07, 6.45) is -2.25. The topological polar surface area (TPSA) is 107 Å². The number of anilines is 3. The van der Waals surface area contributed by atoms with E-state index in [9.17, 15) is 22.8 Å². The molecule has 15 heteroatoms. The van der Waals surface area contributed by atoms with Gasteiger partial charge in [0.05, 0.1) is 48.3 Å². The zero-order valence-corrected chi connectivity index (χ0v) is 21.6. The maximum atomic E-state index is 13.2. The number of nitrogens with one attached hydrogen (secondary N) is 2. The van der Waals surface area contributed by atoms with Crippen molar-refractivity contribution < 1.29 is 22.7 Å². The van der Waals surface area contributed by atoms with Crippen LogP contribution < -0.4 is 20.7 Å². The SMILES string of the molecule is C[C@@H](COCCC(=O)N1CCN2c3ncc(Cl)cc3N(C)C(=S)C2C1)Nc1cn[nH]c(=O)c1C(F)(F)F. The van der Waals surface area contributed by atoms with Gasteiger partial charge in [0, 0.05) is 38.9 Å². The number of alkyl halides is 3. The molecule has 2 aromatic rings. The number of aromatic nitrogens is 3. The summed E-state index contributed by atoms with van der Waals surface area (Å²) in [4.78, 5) is 35.2. The summed E-state index contributed by atoms with van der Waals surface area (Å²) in [5.74, 6) is 0.658. The van der Waals surface area contributed by atoms with Gasteiger partial charge >= 0.3 is 6.18 Å². The number of amides is 1. The minimum atomic E-state index is -4.84. The molecule has 2 N–H and O–H groups in total. The molecule has 1 unspecified atom stereocenters. The molecule has 2 aliphatic rings. The van der Waals surface area contributed by atoms with Crippen LogP contribution in [0.25, 0.3) is 0 Å². The summed E-state index contributed by atoms with van der Waals surface area (Å²) in [6.45, 7) is 3.15. The molecule has 2 aliphatic heterocycles. The highest BCUT2D eigenvalue weighted by Crippen LogP contribution is 2.37. The molecule has 0 aromatic carbocycles. The van der Waals surface area contributed by atoms with E-state index in [-0.39, 0.29) is 31.6 Å². The van der Waals surface area contributed by atoms with Crippen molar-refractivity contribution >= 4 is 51.9 Å². The number of halogens is 4. The van der Waals surface area contributed by atoms with Gasteiger partial charge < -0.3 is 24.8 Å². The second-order valence-corrected chi connectivity index (χ2v) is 9.65. The van der Waals surface area contributed by atoms with Crippen LogP contribution in [0.1, 0.15) is 18.9 Å². The Morgan fingerprint density at radius 3 is 2.86 bits per heavy atom. The predicted octanol–water partition coefficient (Wildman–Crippen LogP) is 2.54. The Kier molecular flexibility index (Phi) is 7.90. The highest BCUT2D eigenvalue weighted by molar-refractivity contribution is 7.80. The van der Waals surface area contributed by atoms with Gasteiger partial charge in [0.25, 0.3) is 5.56 Å². The molecule has 0 spiro atoms. The third-order valence-electron chi connectivity index (χ3n) is 6.17. The molecule has 2 atom stereocenters. The van der Waals surface area contributed by atoms with Crippen LogP contribution >= 0.6 is 23.8 Å². The molecule has 4 heterocycles. The molecule has 0 bridgehead atoms. The summed E-state index contributed by atoms with van der Waals surface area (Å²) in [5, 5.41) is 8.32. The lowest BCUT2D eigenvalue weighted by Gasteiger charge is -2.48. The number of likely N-dealkylation sites (N-methyl/N-ethyl adjacent to an activating group) is 1. The zero-order chi connectivity index (χ0) is 26.9. The first-order valence-electron chi connectivity index (χ1n) is 11.4. The van der Waals surface area contributed by atoms with Crippen LogP contribution in [-0.4, -0.2) is 83.0 Å². The van der Waals surface area contributed by atoms with Gasteiger partial charge in [-0.2, -0.15) is 18.3 Å². The van der Waals surface area contributed by atoms with Crippen LogP contribution in [0.3, 0.4) is 0 Å². The fourth-order valence-electron chi connectivity index (χ4n) is 4.38. The molecule has 1 saturated heterocycles. The van der Waals surface area contributed by atoms with Crippen molar-refractivity contribution in [1.82, 2.24) is 20.1 Å². The summed E-state index contributed by atoms with van der Waals surface area (Å²) in [7, 11) is 1.85. The monoisotopic (exact) mass is 559 g/mol. The van der Waals surface area contributed by atoms with Crippen molar-refractivity contribution in [2.45, 2.75) is 31.6 Å². The molecule has 4 rings (SSSR count). The van der Waals surface area contributed by atoms with Crippen LogP contribution in [0, 0.1) is 0 Å². The average molecular weight is 560 g/mol. The van der Waals surface area contributed by atoms with E-state index in [1.54, 1.807) is 23.1 Å². The summed E-state index contributed by atoms with van der Waals surface area (Å²) >= 11 is 11.8. The number of piperazine rings is 1. The normalized spacial score (nSPS) is 18.4. The predicted molar refractivity (Wildman–Crippen MR) is 136 cm³/mol. The first-order valence-corrected chi connectivity index (χ1v) is 12.2. The first-order chi connectivity index (χ1) is 17.5. The number of thiocarbonyl (C=S) groups is 1. The van der Waals surface area contributed by atoms with Gasteiger partial charge in [0.15, 0.2) is 5.82 Å². The number of rotatable bonds is 7. The molecule has 2 aromatic heterocycles. The summed E-state index contributed by atoms with van der Waals surface area (Å²) in [6, 6.07) is 1.04. The lowest BCUT2D eigenvalue weighted by molar-refractivity contribution is -0.138. The van der Waals surface area contributed by atoms with Crippen LogP contribution in [0.5, 0.6) is 0 Å². The average Bonchev–Trinajstić information content (AvgIpc) is 2.84. The largest absolute Gasteiger partial charge is 0.423 e. The minimum absolute atomic E-state index is 0.0215. The molecule has 0 radical (unpaired) electrons. The van der Waals surface area contributed by atoms with Crippen molar-refractivity contribution in [3.63, 3.8) is 0 Å². The van der Waals surface area contributed by atoms with Gasteiger partial charge in [-0.1, -0.05) is 23.8 Å². The van der Waals surface area contributed by atoms with Crippen molar-refractivity contribution in [2.24, 2.45) is 0 Å². The number of nitrogens with zero attached hydrogens (tertiary/aromatic N) is 5. The standard InChI is InChI=1S/C22H25ClF3N7O3S/c1-12(29-14-9-28-30-20(35)18(14)22(24,25)26)11-36-6-3-17(34)32-4-5-33-16(10-32)21(37)31(2)15-7-13(23)8-27-19(15)33/h7-9,12,16H,3-6,10-11H2,1-2H3,(H2,29,30,35)/t12-,16?/m0/s1. The maximum absolute atomic E-state index is 13.2. The number of pyridine rings is 1. The molecule has 1 fully saturated rings. The van der Waals surface area contributed by atoms with Crippen LogP contribution in [-0.2, 0) is 15.7 Å². The van der Waals surface area contributed by atoms with E-state index in [1.807, 2.05) is 18.0 Å². The van der Waals surface area contributed by atoms with E-state index in [4.69, 9.17) is 28.6 Å². The number of carbonyl (C=O) groups excluding carboxylic acids is 1. The number of hydrogen-bond donors (Lipinski definition) is 2. The Labute approximate surface area is 220 Å². The van der Waals surface area contributed by atoms with E-state index in [0.29, 0.717) is 29.6 Å². The summed E-state index contributed by atoms with van der Waals surface area (Å²) < 4.78 is 45.1. The first kappa shape index (κ1) is 27.1.